The van der Waals surface area contributed by atoms with Crippen molar-refractivity contribution in [2.24, 2.45) is 0 Å². The fourth-order valence-corrected chi connectivity index (χ4v) is 1.82. The number of benzene rings is 1. The molecule has 104 valence electrons. The highest BCUT2D eigenvalue weighted by Gasteiger charge is 2.15. The molecule has 0 aliphatic heterocycles. The number of hydrogen-bond acceptors (Lipinski definition) is 2. The number of carboxylic acid groups (broad SMARTS) is 1. The van der Waals surface area contributed by atoms with Gasteiger partial charge in [-0.2, -0.15) is 0 Å². The van der Waals surface area contributed by atoms with Crippen LogP contribution in [0.3, 0.4) is 0 Å². The molecule has 0 saturated heterocycles. The van der Waals surface area contributed by atoms with Crippen LogP contribution in [0.15, 0.2) is 18.2 Å². The molecular weight excluding hydrogens is 273 g/mol. The topological polar surface area (TPSA) is 66.4 Å². The van der Waals surface area contributed by atoms with E-state index in [2.05, 4.69) is 5.32 Å². The van der Waals surface area contributed by atoms with Crippen molar-refractivity contribution in [2.45, 2.75) is 32.2 Å². The molecule has 1 aromatic carbocycles. The van der Waals surface area contributed by atoms with Crippen molar-refractivity contribution in [3.05, 3.63) is 34.6 Å². The summed E-state index contributed by atoms with van der Waals surface area (Å²) >= 11 is 5.70. The van der Waals surface area contributed by atoms with Crippen molar-refractivity contribution in [1.29, 1.82) is 0 Å². The maximum Gasteiger partial charge on any atom is 0.303 e. The van der Waals surface area contributed by atoms with E-state index in [1.54, 1.807) is 6.92 Å². The highest BCUT2D eigenvalue weighted by atomic mass is 35.5. The molecule has 1 rings (SSSR count). The van der Waals surface area contributed by atoms with E-state index in [0.29, 0.717) is 12.8 Å². The van der Waals surface area contributed by atoms with Gasteiger partial charge in [-0.1, -0.05) is 17.7 Å². The van der Waals surface area contributed by atoms with Crippen LogP contribution in [0.4, 0.5) is 4.39 Å². The molecule has 0 bridgehead atoms. The Kier molecular flexibility index (Phi) is 5.76. The zero-order valence-electron chi connectivity index (χ0n) is 10.5. The van der Waals surface area contributed by atoms with Crippen LogP contribution in [-0.2, 0) is 4.79 Å². The van der Waals surface area contributed by atoms with Gasteiger partial charge >= 0.3 is 5.97 Å². The summed E-state index contributed by atoms with van der Waals surface area (Å²) in [5.41, 5.74) is 0.0757. The summed E-state index contributed by atoms with van der Waals surface area (Å²) in [5.74, 6) is -1.98. The van der Waals surface area contributed by atoms with Crippen molar-refractivity contribution in [2.75, 3.05) is 0 Å². The lowest BCUT2D eigenvalue weighted by atomic mass is 10.1. The molecule has 1 unspecified atom stereocenters. The lowest BCUT2D eigenvalue weighted by Crippen LogP contribution is -2.32. The summed E-state index contributed by atoms with van der Waals surface area (Å²) in [5, 5.41) is 11.0. The number of carboxylic acids is 1. The third-order valence-electron chi connectivity index (χ3n) is 2.60. The van der Waals surface area contributed by atoms with E-state index in [1.807, 2.05) is 0 Å². The second kappa shape index (κ2) is 7.09. The predicted octanol–water partition coefficient (Wildman–Crippen LogP) is 2.85. The Morgan fingerprint density at radius 2 is 2.16 bits per heavy atom. The van der Waals surface area contributed by atoms with Crippen LogP contribution in [0.5, 0.6) is 0 Å². The molecule has 2 N–H and O–H groups in total. The van der Waals surface area contributed by atoms with Gasteiger partial charge in [-0.05, 0) is 31.9 Å². The van der Waals surface area contributed by atoms with E-state index in [4.69, 9.17) is 16.7 Å². The lowest BCUT2D eigenvalue weighted by molar-refractivity contribution is -0.137. The number of nitrogens with one attached hydrogen (secondary N) is 1. The number of aliphatic carboxylic acids is 1. The van der Waals surface area contributed by atoms with Crippen LogP contribution in [0.1, 0.15) is 36.5 Å². The quantitative estimate of drug-likeness (QED) is 0.845. The van der Waals surface area contributed by atoms with Crippen LogP contribution in [0.25, 0.3) is 0 Å². The summed E-state index contributed by atoms with van der Waals surface area (Å²) in [6, 6.07) is 3.82. The first-order valence-electron chi connectivity index (χ1n) is 5.88. The Hall–Kier alpha value is -1.62. The third kappa shape index (κ3) is 4.87. The number of rotatable bonds is 6. The van der Waals surface area contributed by atoms with E-state index < -0.39 is 17.7 Å². The number of halogens is 2. The molecule has 0 fully saturated rings. The molecule has 6 heteroatoms. The van der Waals surface area contributed by atoms with Gasteiger partial charge in [0.25, 0.3) is 5.91 Å². The molecule has 0 saturated carbocycles. The Morgan fingerprint density at radius 1 is 1.47 bits per heavy atom. The smallest absolute Gasteiger partial charge is 0.303 e. The van der Waals surface area contributed by atoms with Gasteiger partial charge < -0.3 is 10.4 Å². The molecule has 1 aromatic rings. The van der Waals surface area contributed by atoms with E-state index in [9.17, 15) is 14.0 Å². The van der Waals surface area contributed by atoms with Crippen molar-refractivity contribution < 1.29 is 19.1 Å². The zero-order valence-corrected chi connectivity index (χ0v) is 11.2. The minimum atomic E-state index is -0.869. The van der Waals surface area contributed by atoms with Gasteiger partial charge in [0, 0.05) is 12.5 Å². The van der Waals surface area contributed by atoms with Crippen molar-refractivity contribution in [1.82, 2.24) is 5.32 Å². The normalized spacial score (nSPS) is 11.9. The van der Waals surface area contributed by atoms with E-state index in [0.717, 1.165) is 0 Å². The average molecular weight is 288 g/mol. The maximum absolute atomic E-state index is 13.2. The SMILES string of the molecule is CC(CCCC(=O)O)NC(=O)c1cccc(F)c1Cl. The van der Waals surface area contributed by atoms with Gasteiger partial charge in [0.15, 0.2) is 0 Å². The summed E-state index contributed by atoms with van der Waals surface area (Å²) in [7, 11) is 0. The first-order valence-corrected chi connectivity index (χ1v) is 6.26. The van der Waals surface area contributed by atoms with Gasteiger partial charge in [-0.15, -0.1) is 0 Å². The highest BCUT2D eigenvalue weighted by molar-refractivity contribution is 6.34. The van der Waals surface area contributed by atoms with Gasteiger partial charge in [-0.3, -0.25) is 9.59 Å². The number of hydrogen-bond donors (Lipinski definition) is 2. The highest BCUT2D eigenvalue weighted by Crippen LogP contribution is 2.19. The molecule has 0 aliphatic rings. The average Bonchev–Trinajstić information content (AvgIpc) is 2.31. The molecular formula is C13H15ClFNO3. The minimum absolute atomic E-state index is 0.0565. The Morgan fingerprint density at radius 3 is 2.79 bits per heavy atom. The van der Waals surface area contributed by atoms with Crippen LogP contribution in [0.2, 0.25) is 5.02 Å². The number of carbonyl (C=O) groups excluding carboxylic acids is 1. The molecule has 1 amide bonds. The lowest BCUT2D eigenvalue weighted by Gasteiger charge is -2.14. The summed E-state index contributed by atoms with van der Waals surface area (Å²) in [6.07, 6.45) is 1.06. The fourth-order valence-electron chi connectivity index (χ4n) is 1.61. The predicted molar refractivity (Wildman–Crippen MR) is 69.8 cm³/mol. The second-order valence-corrected chi connectivity index (χ2v) is 4.64. The van der Waals surface area contributed by atoms with Crippen LogP contribution >= 0.6 is 11.6 Å². The van der Waals surface area contributed by atoms with Crippen molar-refractivity contribution in [3.8, 4) is 0 Å². The first-order chi connectivity index (χ1) is 8.91. The molecule has 0 aliphatic carbocycles. The van der Waals surface area contributed by atoms with Gasteiger partial charge in [0.2, 0.25) is 0 Å². The molecule has 4 nitrogen and oxygen atoms in total. The van der Waals surface area contributed by atoms with E-state index >= 15 is 0 Å². The van der Waals surface area contributed by atoms with Crippen LogP contribution in [-0.4, -0.2) is 23.0 Å². The minimum Gasteiger partial charge on any atom is -0.481 e. The van der Waals surface area contributed by atoms with Crippen molar-refractivity contribution >= 4 is 23.5 Å². The maximum atomic E-state index is 13.2. The Balaban J connectivity index is 2.54. The number of amides is 1. The Bertz CT molecular complexity index is 479. The van der Waals surface area contributed by atoms with Gasteiger partial charge in [0.05, 0.1) is 10.6 Å². The van der Waals surface area contributed by atoms with Crippen LogP contribution < -0.4 is 5.32 Å². The fraction of sp³-hybridized carbons (Fsp3) is 0.385. The van der Waals surface area contributed by atoms with E-state index in [-0.39, 0.29) is 23.0 Å². The molecule has 0 heterocycles. The second-order valence-electron chi connectivity index (χ2n) is 4.26. The van der Waals surface area contributed by atoms with Gasteiger partial charge in [-0.25, -0.2) is 4.39 Å². The Labute approximate surface area is 115 Å². The summed E-state index contributed by atoms with van der Waals surface area (Å²) < 4.78 is 13.2. The van der Waals surface area contributed by atoms with E-state index in [1.165, 1.54) is 18.2 Å². The van der Waals surface area contributed by atoms with Gasteiger partial charge in [0.1, 0.15) is 5.82 Å². The largest absolute Gasteiger partial charge is 0.481 e. The number of carbonyl (C=O) groups is 2. The molecule has 1 atom stereocenters. The summed E-state index contributed by atoms with van der Waals surface area (Å²) in [4.78, 5) is 22.2. The van der Waals surface area contributed by atoms with Crippen LogP contribution in [0, 0.1) is 5.82 Å². The molecule has 0 aromatic heterocycles. The first kappa shape index (κ1) is 15.4. The third-order valence-corrected chi connectivity index (χ3v) is 2.99. The van der Waals surface area contributed by atoms with Crippen molar-refractivity contribution in [3.63, 3.8) is 0 Å². The zero-order chi connectivity index (χ0) is 14.4. The molecule has 0 spiro atoms. The molecule has 0 radical (unpaired) electrons. The molecule has 19 heavy (non-hydrogen) atoms. The monoisotopic (exact) mass is 287 g/mol. The standard InChI is InChI=1S/C13H15ClFNO3/c1-8(4-2-7-11(17)18)16-13(19)9-5-3-6-10(15)12(9)14/h3,5-6,8H,2,4,7H2,1H3,(H,16,19)(H,17,18). The summed E-state index contributed by atoms with van der Waals surface area (Å²) in [6.45, 7) is 1.76.